The molecule has 3 heterocycles. The molecule has 0 aromatic carbocycles. The van der Waals surface area contributed by atoms with Crippen LogP contribution in [0.5, 0.6) is 5.75 Å². The molecule has 25 heavy (non-hydrogen) atoms. The van der Waals surface area contributed by atoms with Crippen LogP contribution in [-0.2, 0) is 4.79 Å². The monoisotopic (exact) mass is 340 g/mol. The van der Waals surface area contributed by atoms with Crippen molar-refractivity contribution in [3.05, 3.63) is 54.6 Å². The Labute approximate surface area is 145 Å². The highest BCUT2D eigenvalue weighted by molar-refractivity contribution is 5.94. The lowest BCUT2D eigenvalue weighted by Crippen LogP contribution is -2.49. The number of piperidine rings is 1. The van der Waals surface area contributed by atoms with Crippen molar-refractivity contribution in [1.29, 1.82) is 0 Å². The SMILES string of the molecule is NC(=O)C[C@@H]1CN(C(=O)c2ccncc2)CC[C@H]1Oc1cccnc1. The second-order valence-electron chi connectivity index (χ2n) is 6.05. The normalized spacial score (nSPS) is 20.1. The fourth-order valence-corrected chi connectivity index (χ4v) is 3.07. The van der Waals surface area contributed by atoms with Crippen LogP contribution in [0.15, 0.2) is 49.1 Å². The lowest BCUT2D eigenvalue weighted by molar-refractivity contribution is -0.120. The number of amides is 2. The summed E-state index contributed by atoms with van der Waals surface area (Å²) in [7, 11) is 0. The summed E-state index contributed by atoms with van der Waals surface area (Å²) in [5.41, 5.74) is 5.98. The molecular formula is C18H20N4O3. The first kappa shape index (κ1) is 16.9. The van der Waals surface area contributed by atoms with E-state index in [0.717, 1.165) is 0 Å². The minimum Gasteiger partial charge on any atom is -0.488 e. The number of primary amides is 1. The van der Waals surface area contributed by atoms with Crippen molar-refractivity contribution in [3.8, 4) is 5.75 Å². The fraction of sp³-hybridized carbons (Fsp3) is 0.333. The molecule has 1 saturated heterocycles. The zero-order valence-corrected chi connectivity index (χ0v) is 13.7. The third-order valence-corrected chi connectivity index (χ3v) is 4.26. The Kier molecular flexibility index (Phi) is 5.23. The fourth-order valence-electron chi connectivity index (χ4n) is 3.07. The van der Waals surface area contributed by atoms with E-state index >= 15 is 0 Å². The van der Waals surface area contributed by atoms with E-state index in [1.807, 2.05) is 6.07 Å². The van der Waals surface area contributed by atoms with E-state index in [1.54, 1.807) is 47.9 Å². The number of hydrogen-bond donors (Lipinski definition) is 1. The van der Waals surface area contributed by atoms with E-state index in [-0.39, 0.29) is 24.3 Å². The number of nitrogens with two attached hydrogens (primary N) is 1. The van der Waals surface area contributed by atoms with Gasteiger partial charge in [0.2, 0.25) is 5.91 Å². The number of rotatable bonds is 5. The molecule has 0 saturated carbocycles. The second kappa shape index (κ2) is 7.74. The van der Waals surface area contributed by atoms with Gasteiger partial charge in [-0.2, -0.15) is 0 Å². The lowest BCUT2D eigenvalue weighted by Gasteiger charge is -2.38. The smallest absolute Gasteiger partial charge is 0.253 e. The molecule has 3 rings (SSSR count). The van der Waals surface area contributed by atoms with Gasteiger partial charge < -0.3 is 15.4 Å². The molecule has 2 atom stereocenters. The molecule has 2 aromatic heterocycles. The molecule has 1 fully saturated rings. The van der Waals surface area contributed by atoms with Gasteiger partial charge in [0.25, 0.3) is 5.91 Å². The molecule has 7 heteroatoms. The Bertz CT molecular complexity index is 724. The number of ether oxygens (including phenoxy) is 1. The van der Waals surface area contributed by atoms with Crippen molar-refractivity contribution in [3.63, 3.8) is 0 Å². The van der Waals surface area contributed by atoms with Crippen molar-refractivity contribution in [2.45, 2.75) is 18.9 Å². The molecular weight excluding hydrogens is 320 g/mol. The number of pyridine rings is 2. The van der Waals surface area contributed by atoms with E-state index in [2.05, 4.69) is 9.97 Å². The van der Waals surface area contributed by atoms with E-state index in [4.69, 9.17) is 10.5 Å². The third kappa shape index (κ3) is 4.32. The quantitative estimate of drug-likeness (QED) is 0.883. The molecule has 1 aliphatic rings. The average molecular weight is 340 g/mol. The number of carbonyl (C=O) groups is 2. The molecule has 0 aliphatic carbocycles. The first-order valence-corrected chi connectivity index (χ1v) is 8.18. The first-order chi connectivity index (χ1) is 12.1. The summed E-state index contributed by atoms with van der Waals surface area (Å²) in [5.74, 6) is 0.0211. The number of hydrogen-bond acceptors (Lipinski definition) is 5. The predicted octanol–water partition coefficient (Wildman–Crippen LogP) is 1.26. The first-order valence-electron chi connectivity index (χ1n) is 8.18. The molecule has 0 unspecified atom stereocenters. The Hall–Kier alpha value is -2.96. The van der Waals surface area contributed by atoms with Gasteiger partial charge in [0.1, 0.15) is 11.9 Å². The Balaban J connectivity index is 1.71. The summed E-state index contributed by atoms with van der Waals surface area (Å²) in [5, 5.41) is 0. The van der Waals surface area contributed by atoms with E-state index < -0.39 is 5.91 Å². The van der Waals surface area contributed by atoms with Crippen LogP contribution in [0, 0.1) is 5.92 Å². The van der Waals surface area contributed by atoms with Crippen LogP contribution < -0.4 is 10.5 Å². The summed E-state index contributed by atoms with van der Waals surface area (Å²) in [6.07, 6.45) is 7.10. The van der Waals surface area contributed by atoms with Gasteiger partial charge in [0, 0.05) is 56.0 Å². The van der Waals surface area contributed by atoms with Crippen molar-refractivity contribution < 1.29 is 14.3 Å². The van der Waals surface area contributed by atoms with Gasteiger partial charge in [0.05, 0.1) is 6.20 Å². The predicted molar refractivity (Wildman–Crippen MR) is 90.7 cm³/mol. The minimum absolute atomic E-state index is 0.0725. The van der Waals surface area contributed by atoms with E-state index in [0.29, 0.717) is 30.8 Å². The number of aromatic nitrogens is 2. The molecule has 7 nitrogen and oxygen atoms in total. The van der Waals surface area contributed by atoms with Gasteiger partial charge in [-0.15, -0.1) is 0 Å². The highest BCUT2D eigenvalue weighted by Gasteiger charge is 2.34. The minimum atomic E-state index is -0.400. The molecule has 2 aromatic rings. The molecule has 130 valence electrons. The molecule has 2 N–H and O–H groups in total. The summed E-state index contributed by atoms with van der Waals surface area (Å²) in [6.45, 7) is 0.983. The highest BCUT2D eigenvalue weighted by atomic mass is 16.5. The summed E-state index contributed by atoms with van der Waals surface area (Å²) in [6, 6.07) is 6.98. The summed E-state index contributed by atoms with van der Waals surface area (Å²) >= 11 is 0. The highest BCUT2D eigenvalue weighted by Crippen LogP contribution is 2.26. The van der Waals surface area contributed by atoms with Crippen LogP contribution in [0.25, 0.3) is 0 Å². The standard InChI is InChI=1S/C18H20N4O3/c19-17(23)10-14-12-22(18(24)13-3-7-20-8-4-13)9-5-16(14)25-15-2-1-6-21-11-15/h1-4,6-8,11,14,16H,5,9-10,12H2,(H2,19,23)/t14-,16-/m1/s1. The van der Waals surface area contributed by atoms with Crippen LogP contribution >= 0.6 is 0 Å². The number of carbonyl (C=O) groups excluding carboxylic acids is 2. The Morgan fingerprint density at radius 1 is 1.20 bits per heavy atom. The van der Waals surface area contributed by atoms with Crippen LogP contribution in [-0.4, -0.2) is 45.9 Å². The third-order valence-electron chi connectivity index (χ3n) is 4.26. The average Bonchev–Trinajstić information content (AvgIpc) is 2.64. The van der Waals surface area contributed by atoms with Crippen molar-refractivity contribution >= 4 is 11.8 Å². The van der Waals surface area contributed by atoms with Crippen LogP contribution in [0.1, 0.15) is 23.2 Å². The van der Waals surface area contributed by atoms with Crippen LogP contribution in [0.2, 0.25) is 0 Å². The van der Waals surface area contributed by atoms with Gasteiger partial charge in [-0.3, -0.25) is 19.6 Å². The molecule has 2 amide bonds. The maximum absolute atomic E-state index is 12.6. The molecule has 1 aliphatic heterocycles. The van der Waals surface area contributed by atoms with Gasteiger partial charge >= 0.3 is 0 Å². The van der Waals surface area contributed by atoms with Gasteiger partial charge in [-0.05, 0) is 24.3 Å². The number of nitrogens with zero attached hydrogens (tertiary/aromatic N) is 3. The van der Waals surface area contributed by atoms with Gasteiger partial charge in [-0.25, -0.2) is 0 Å². The van der Waals surface area contributed by atoms with Crippen molar-refractivity contribution in [1.82, 2.24) is 14.9 Å². The summed E-state index contributed by atoms with van der Waals surface area (Å²) in [4.78, 5) is 33.8. The Morgan fingerprint density at radius 3 is 2.68 bits per heavy atom. The molecule has 0 spiro atoms. The number of likely N-dealkylation sites (tertiary alicyclic amines) is 1. The van der Waals surface area contributed by atoms with Crippen LogP contribution in [0.4, 0.5) is 0 Å². The Morgan fingerprint density at radius 2 is 2.00 bits per heavy atom. The molecule has 0 bridgehead atoms. The van der Waals surface area contributed by atoms with Gasteiger partial charge in [0.15, 0.2) is 0 Å². The second-order valence-corrected chi connectivity index (χ2v) is 6.05. The maximum Gasteiger partial charge on any atom is 0.253 e. The summed E-state index contributed by atoms with van der Waals surface area (Å²) < 4.78 is 5.98. The van der Waals surface area contributed by atoms with E-state index in [9.17, 15) is 9.59 Å². The zero-order valence-electron chi connectivity index (χ0n) is 13.7. The van der Waals surface area contributed by atoms with Crippen molar-refractivity contribution in [2.24, 2.45) is 11.7 Å². The van der Waals surface area contributed by atoms with Crippen molar-refractivity contribution in [2.75, 3.05) is 13.1 Å². The van der Waals surface area contributed by atoms with E-state index in [1.165, 1.54) is 0 Å². The lowest BCUT2D eigenvalue weighted by atomic mass is 9.90. The molecule has 0 radical (unpaired) electrons. The largest absolute Gasteiger partial charge is 0.488 e. The zero-order chi connectivity index (χ0) is 17.6. The topological polar surface area (TPSA) is 98.4 Å². The maximum atomic E-state index is 12.6. The van der Waals surface area contributed by atoms with Crippen LogP contribution in [0.3, 0.4) is 0 Å². The van der Waals surface area contributed by atoms with Gasteiger partial charge in [-0.1, -0.05) is 0 Å².